The summed E-state index contributed by atoms with van der Waals surface area (Å²) in [6.07, 6.45) is 1.73. The number of fused-ring (bicyclic) bond motifs is 1. The first-order chi connectivity index (χ1) is 16.4. The summed E-state index contributed by atoms with van der Waals surface area (Å²) in [5.41, 5.74) is 6.62. The number of benzene rings is 3. The van der Waals surface area contributed by atoms with Crippen molar-refractivity contribution in [3.05, 3.63) is 89.2 Å². The zero-order chi connectivity index (χ0) is 24.2. The highest BCUT2D eigenvalue weighted by Gasteiger charge is 2.27. The maximum absolute atomic E-state index is 11.6. The van der Waals surface area contributed by atoms with Crippen molar-refractivity contribution in [1.82, 2.24) is 9.55 Å². The minimum Gasteiger partial charge on any atom is -0.481 e. The molecule has 0 fully saturated rings. The molecule has 0 saturated carbocycles. The smallest absolute Gasteiger partial charge is 0.318 e. The van der Waals surface area contributed by atoms with Gasteiger partial charge >= 0.3 is 11.9 Å². The van der Waals surface area contributed by atoms with Crippen molar-refractivity contribution in [2.24, 2.45) is 5.92 Å². The maximum atomic E-state index is 11.6. The summed E-state index contributed by atoms with van der Waals surface area (Å²) in [6, 6.07) is 21.7. The number of rotatable bonds is 9. The summed E-state index contributed by atoms with van der Waals surface area (Å²) >= 11 is 0. The SMILES string of the molecule is CCCc1nc2c(C)cccc2n1Cc1ccc(-c2ccccc2)c(CC(C(=O)O)C(=O)O)c1. The van der Waals surface area contributed by atoms with Crippen LogP contribution < -0.4 is 0 Å². The fraction of sp³-hybridized carbons (Fsp3) is 0.250. The second-order valence-electron chi connectivity index (χ2n) is 8.60. The Labute approximate surface area is 198 Å². The van der Waals surface area contributed by atoms with Gasteiger partial charge in [-0.15, -0.1) is 0 Å². The lowest BCUT2D eigenvalue weighted by Crippen LogP contribution is -2.25. The number of aromatic nitrogens is 2. The van der Waals surface area contributed by atoms with Crippen LogP contribution in [-0.4, -0.2) is 31.7 Å². The van der Waals surface area contributed by atoms with Crippen LogP contribution in [0, 0.1) is 12.8 Å². The topological polar surface area (TPSA) is 92.4 Å². The van der Waals surface area contributed by atoms with Gasteiger partial charge in [0, 0.05) is 13.0 Å². The number of carbonyl (C=O) groups is 2. The maximum Gasteiger partial charge on any atom is 0.318 e. The van der Waals surface area contributed by atoms with Crippen LogP contribution in [0.1, 0.15) is 35.9 Å². The van der Waals surface area contributed by atoms with Crippen molar-refractivity contribution >= 4 is 23.0 Å². The van der Waals surface area contributed by atoms with E-state index in [4.69, 9.17) is 4.98 Å². The van der Waals surface area contributed by atoms with Gasteiger partial charge in [0.05, 0.1) is 11.0 Å². The minimum atomic E-state index is -1.51. The van der Waals surface area contributed by atoms with Gasteiger partial charge in [0.1, 0.15) is 5.82 Å². The lowest BCUT2D eigenvalue weighted by Gasteiger charge is -2.16. The Kier molecular flexibility index (Phi) is 6.77. The fourth-order valence-electron chi connectivity index (χ4n) is 4.42. The van der Waals surface area contributed by atoms with Crippen molar-refractivity contribution in [2.75, 3.05) is 0 Å². The van der Waals surface area contributed by atoms with Gasteiger partial charge in [-0.2, -0.15) is 0 Å². The Morgan fingerprint density at radius 2 is 1.71 bits per heavy atom. The molecular weight excluding hydrogens is 428 g/mol. The molecule has 1 heterocycles. The molecule has 6 heteroatoms. The molecule has 2 N–H and O–H groups in total. The molecule has 1 aromatic heterocycles. The van der Waals surface area contributed by atoms with E-state index < -0.39 is 17.9 Å². The highest BCUT2D eigenvalue weighted by Crippen LogP contribution is 2.29. The van der Waals surface area contributed by atoms with E-state index in [2.05, 4.69) is 30.5 Å². The molecule has 0 aliphatic heterocycles. The molecular formula is C28H28N2O4. The highest BCUT2D eigenvalue weighted by molar-refractivity contribution is 5.93. The van der Waals surface area contributed by atoms with Gasteiger partial charge in [0.15, 0.2) is 5.92 Å². The molecule has 0 atom stereocenters. The van der Waals surface area contributed by atoms with Crippen molar-refractivity contribution in [2.45, 2.75) is 39.7 Å². The van der Waals surface area contributed by atoms with E-state index in [0.29, 0.717) is 12.1 Å². The summed E-state index contributed by atoms with van der Waals surface area (Å²) in [7, 11) is 0. The Bertz CT molecular complexity index is 1330. The van der Waals surface area contributed by atoms with Crippen LogP contribution in [0.25, 0.3) is 22.2 Å². The summed E-state index contributed by atoms with van der Waals surface area (Å²) < 4.78 is 2.21. The Morgan fingerprint density at radius 3 is 2.38 bits per heavy atom. The average Bonchev–Trinajstić information content (AvgIpc) is 3.16. The van der Waals surface area contributed by atoms with E-state index in [1.54, 1.807) is 0 Å². The van der Waals surface area contributed by atoms with Gasteiger partial charge in [-0.05, 0) is 53.6 Å². The lowest BCUT2D eigenvalue weighted by atomic mass is 9.90. The molecule has 3 aromatic carbocycles. The first-order valence-electron chi connectivity index (χ1n) is 11.5. The molecule has 0 aliphatic rings. The van der Waals surface area contributed by atoms with Crippen LogP contribution >= 0.6 is 0 Å². The molecule has 0 saturated heterocycles. The van der Waals surface area contributed by atoms with Crippen LogP contribution in [0.3, 0.4) is 0 Å². The molecule has 0 amide bonds. The lowest BCUT2D eigenvalue weighted by molar-refractivity contribution is -0.154. The van der Waals surface area contributed by atoms with Gasteiger partial charge < -0.3 is 14.8 Å². The zero-order valence-corrected chi connectivity index (χ0v) is 19.4. The third kappa shape index (κ3) is 4.71. The van der Waals surface area contributed by atoms with Crippen molar-refractivity contribution in [3.63, 3.8) is 0 Å². The number of imidazole rings is 1. The number of hydrogen-bond donors (Lipinski definition) is 2. The third-order valence-electron chi connectivity index (χ3n) is 6.15. The number of aryl methyl sites for hydroxylation is 2. The number of hydrogen-bond acceptors (Lipinski definition) is 3. The molecule has 0 spiro atoms. The van der Waals surface area contributed by atoms with Crippen LogP contribution in [-0.2, 0) is 29.0 Å². The number of carboxylic acids is 2. The number of nitrogens with zero attached hydrogens (tertiary/aromatic N) is 2. The molecule has 34 heavy (non-hydrogen) atoms. The van der Waals surface area contributed by atoms with Gasteiger partial charge in [-0.3, -0.25) is 9.59 Å². The van der Waals surface area contributed by atoms with Gasteiger partial charge in [0.2, 0.25) is 0 Å². The molecule has 174 valence electrons. The second kappa shape index (κ2) is 9.91. The Morgan fingerprint density at radius 1 is 0.971 bits per heavy atom. The van der Waals surface area contributed by atoms with Gasteiger partial charge in [-0.1, -0.05) is 67.6 Å². The van der Waals surface area contributed by atoms with Crippen LogP contribution in [0.5, 0.6) is 0 Å². The molecule has 4 aromatic rings. The summed E-state index contributed by atoms with van der Waals surface area (Å²) in [6.45, 7) is 4.75. The highest BCUT2D eigenvalue weighted by atomic mass is 16.4. The van der Waals surface area contributed by atoms with E-state index in [0.717, 1.165) is 52.0 Å². The number of carboxylic acid groups (broad SMARTS) is 2. The van der Waals surface area contributed by atoms with E-state index in [9.17, 15) is 19.8 Å². The molecule has 0 radical (unpaired) electrons. The van der Waals surface area contributed by atoms with Crippen molar-refractivity contribution < 1.29 is 19.8 Å². The summed E-state index contributed by atoms with van der Waals surface area (Å²) in [4.78, 5) is 28.2. The molecule has 0 unspecified atom stereocenters. The first-order valence-corrected chi connectivity index (χ1v) is 11.5. The standard InChI is InChI=1S/C28H28N2O4/c1-3-8-25-29-26-18(2)9-7-12-24(26)30(25)17-19-13-14-22(20-10-5-4-6-11-20)21(15-19)16-23(27(31)32)28(33)34/h4-7,9-15,23H,3,8,16-17H2,1-2H3,(H,31,32)(H,33,34). The zero-order valence-electron chi connectivity index (χ0n) is 19.4. The third-order valence-corrected chi connectivity index (χ3v) is 6.15. The molecule has 0 bridgehead atoms. The minimum absolute atomic E-state index is 0.0890. The fourth-order valence-corrected chi connectivity index (χ4v) is 4.42. The predicted octanol–water partition coefficient (Wildman–Crippen LogP) is 5.34. The Balaban J connectivity index is 1.80. The normalized spacial score (nSPS) is 11.3. The molecule has 0 aliphatic carbocycles. The largest absolute Gasteiger partial charge is 0.481 e. The van der Waals surface area contributed by atoms with Crippen LogP contribution in [0.2, 0.25) is 0 Å². The predicted molar refractivity (Wildman–Crippen MR) is 132 cm³/mol. The van der Waals surface area contributed by atoms with E-state index in [1.165, 1.54) is 0 Å². The van der Waals surface area contributed by atoms with Crippen molar-refractivity contribution in [1.29, 1.82) is 0 Å². The molecule has 4 rings (SSSR count). The second-order valence-corrected chi connectivity index (χ2v) is 8.60. The summed E-state index contributed by atoms with van der Waals surface area (Å²) in [5, 5.41) is 19.0. The monoisotopic (exact) mass is 456 g/mol. The van der Waals surface area contributed by atoms with Crippen molar-refractivity contribution in [3.8, 4) is 11.1 Å². The Hall–Kier alpha value is -3.93. The van der Waals surface area contributed by atoms with E-state index in [1.807, 2.05) is 54.6 Å². The van der Waals surface area contributed by atoms with Gasteiger partial charge in [-0.25, -0.2) is 4.98 Å². The molecule has 6 nitrogen and oxygen atoms in total. The van der Waals surface area contributed by atoms with Gasteiger partial charge in [0.25, 0.3) is 0 Å². The number of para-hydroxylation sites is 1. The van der Waals surface area contributed by atoms with E-state index in [-0.39, 0.29) is 6.42 Å². The summed E-state index contributed by atoms with van der Waals surface area (Å²) in [5.74, 6) is -3.17. The van der Waals surface area contributed by atoms with E-state index >= 15 is 0 Å². The van der Waals surface area contributed by atoms with Crippen LogP contribution in [0.15, 0.2) is 66.7 Å². The quantitative estimate of drug-likeness (QED) is 0.332. The van der Waals surface area contributed by atoms with Crippen LogP contribution in [0.4, 0.5) is 0 Å². The first kappa shape index (κ1) is 23.2. The number of aliphatic carboxylic acids is 2. The average molecular weight is 457 g/mol.